The van der Waals surface area contributed by atoms with Gasteiger partial charge in [0.2, 0.25) is 0 Å². The second kappa shape index (κ2) is 10.2. The van der Waals surface area contributed by atoms with Crippen LogP contribution in [-0.2, 0) is 10.9 Å². The summed E-state index contributed by atoms with van der Waals surface area (Å²) in [7, 11) is 0. The van der Waals surface area contributed by atoms with Gasteiger partial charge >= 0.3 is 12.2 Å². The molecule has 2 aliphatic heterocycles. The smallest absolute Gasteiger partial charge is 0.378 e. The first-order valence-corrected chi connectivity index (χ1v) is 12.7. The molecule has 0 N–H and O–H groups in total. The monoisotopic (exact) mass is 519 g/mol. The van der Waals surface area contributed by atoms with Crippen molar-refractivity contribution in [2.45, 2.75) is 24.4 Å². The lowest BCUT2D eigenvalue weighted by Gasteiger charge is -2.40. The lowest BCUT2D eigenvalue weighted by molar-refractivity contribution is -0.137. The number of benzene rings is 2. The maximum absolute atomic E-state index is 13.3. The molecule has 10 heteroatoms. The Morgan fingerprint density at radius 1 is 0.944 bits per heavy atom. The highest BCUT2D eigenvalue weighted by molar-refractivity contribution is 7.10. The van der Waals surface area contributed by atoms with Crippen molar-refractivity contribution in [3.63, 3.8) is 0 Å². The number of carbonyl (C=O) groups excluding carboxylic acids is 1. The van der Waals surface area contributed by atoms with Crippen LogP contribution >= 0.6 is 11.3 Å². The number of morpholine rings is 1. The van der Waals surface area contributed by atoms with E-state index in [-0.39, 0.29) is 23.7 Å². The third-order valence-corrected chi connectivity index (χ3v) is 7.73. The molecule has 2 amide bonds. The zero-order valence-corrected chi connectivity index (χ0v) is 20.2. The molecule has 5 rings (SSSR count). The molecular weight excluding hydrogens is 494 g/mol. The van der Waals surface area contributed by atoms with Gasteiger partial charge in [0.15, 0.2) is 0 Å². The third-order valence-electron chi connectivity index (χ3n) is 6.72. The van der Waals surface area contributed by atoms with Gasteiger partial charge in [0, 0.05) is 49.0 Å². The van der Waals surface area contributed by atoms with E-state index in [0.29, 0.717) is 45.8 Å². The van der Waals surface area contributed by atoms with Gasteiger partial charge in [-0.2, -0.15) is 13.2 Å². The van der Waals surface area contributed by atoms with Crippen LogP contribution < -0.4 is 0 Å². The molecule has 2 saturated heterocycles. The number of amides is 2. The second-order valence-electron chi connectivity index (χ2n) is 9.11. The van der Waals surface area contributed by atoms with Crippen molar-refractivity contribution >= 4 is 17.4 Å². The number of aromatic nitrogens is 1. The van der Waals surface area contributed by atoms with Crippen molar-refractivity contribution in [3.05, 3.63) is 75.9 Å². The van der Waals surface area contributed by atoms with Gasteiger partial charge in [-0.15, -0.1) is 11.3 Å². The summed E-state index contributed by atoms with van der Waals surface area (Å²) in [6, 6.07) is 11.3. The molecule has 0 spiro atoms. The minimum Gasteiger partial charge on any atom is -0.378 e. The van der Waals surface area contributed by atoms with Crippen LogP contribution in [0.4, 0.5) is 22.4 Å². The van der Waals surface area contributed by atoms with Crippen molar-refractivity contribution in [2.75, 3.05) is 39.4 Å². The van der Waals surface area contributed by atoms with Crippen LogP contribution in [0.25, 0.3) is 11.3 Å². The molecule has 2 atom stereocenters. The summed E-state index contributed by atoms with van der Waals surface area (Å²) in [6.07, 6.45) is -3.74. The summed E-state index contributed by atoms with van der Waals surface area (Å²) in [5.41, 5.74) is 1.61. The summed E-state index contributed by atoms with van der Waals surface area (Å²) in [5.74, 6) is -0.525. The molecule has 190 valence electrons. The number of hydrogen-bond donors (Lipinski definition) is 0. The fourth-order valence-electron chi connectivity index (χ4n) is 4.80. The minimum atomic E-state index is -4.40. The Morgan fingerprint density at radius 3 is 2.28 bits per heavy atom. The summed E-state index contributed by atoms with van der Waals surface area (Å²) >= 11 is 1.48. The Kier molecular flexibility index (Phi) is 6.98. The fraction of sp³-hybridized carbons (Fsp3) is 0.385. The van der Waals surface area contributed by atoms with Gasteiger partial charge in [0.1, 0.15) is 5.82 Å². The SMILES string of the molecule is O=C(N1CCOCC1)N1CC(c2ccc(C(F)(F)F)cc2)CC(c2nc(-c3ccc(F)cc3)cs2)C1. The van der Waals surface area contributed by atoms with Crippen molar-refractivity contribution < 1.29 is 27.1 Å². The van der Waals surface area contributed by atoms with E-state index in [9.17, 15) is 22.4 Å². The number of likely N-dealkylation sites (tertiary alicyclic amines) is 1. The number of piperidine rings is 1. The Balaban J connectivity index is 1.41. The quantitative estimate of drug-likeness (QED) is 0.399. The average Bonchev–Trinajstić information content (AvgIpc) is 3.39. The zero-order chi connectivity index (χ0) is 25.3. The van der Waals surface area contributed by atoms with Crippen LogP contribution in [-0.4, -0.2) is 60.2 Å². The van der Waals surface area contributed by atoms with Crippen molar-refractivity contribution in [2.24, 2.45) is 0 Å². The van der Waals surface area contributed by atoms with Gasteiger partial charge in [0.05, 0.1) is 29.5 Å². The Hall–Kier alpha value is -2.98. The summed E-state index contributed by atoms with van der Waals surface area (Å²) in [5, 5.41) is 2.77. The molecule has 0 aliphatic carbocycles. The lowest BCUT2D eigenvalue weighted by Crippen LogP contribution is -2.52. The molecule has 5 nitrogen and oxygen atoms in total. The van der Waals surface area contributed by atoms with Gasteiger partial charge in [-0.25, -0.2) is 14.2 Å². The number of nitrogens with zero attached hydrogens (tertiary/aromatic N) is 3. The van der Waals surface area contributed by atoms with Gasteiger partial charge in [-0.1, -0.05) is 12.1 Å². The van der Waals surface area contributed by atoms with E-state index in [2.05, 4.69) is 0 Å². The number of urea groups is 1. The van der Waals surface area contributed by atoms with E-state index in [1.165, 1.54) is 35.6 Å². The van der Waals surface area contributed by atoms with Crippen LogP contribution in [0, 0.1) is 5.82 Å². The third kappa shape index (κ3) is 5.39. The molecule has 2 unspecified atom stereocenters. The van der Waals surface area contributed by atoms with E-state index < -0.39 is 11.7 Å². The number of carbonyl (C=O) groups is 1. The normalized spacial score (nSPS) is 21.0. The predicted molar refractivity (Wildman–Crippen MR) is 128 cm³/mol. The predicted octanol–water partition coefficient (Wildman–Crippen LogP) is 5.99. The molecule has 3 aromatic rings. The fourth-order valence-corrected chi connectivity index (χ4v) is 5.74. The second-order valence-corrected chi connectivity index (χ2v) is 10.0. The standard InChI is InChI=1S/C26H25F4N3O2S/c27-22-7-3-18(4-8-22)23-16-36-24(31-23)20-13-19(17-1-5-21(6-2-17)26(28,29)30)14-33(15-20)25(34)32-9-11-35-12-10-32/h1-8,16,19-20H,9-15H2. The molecule has 0 radical (unpaired) electrons. The van der Waals surface area contributed by atoms with Crippen LogP contribution in [0.3, 0.4) is 0 Å². The van der Waals surface area contributed by atoms with E-state index in [0.717, 1.165) is 34.0 Å². The number of rotatable bonds is 3. The molecule has 2 fully saturated rings. The molecule has 1 aromatic heterocycles. The Labute approximate surface area is 210 Å². The largest absolute Gasteiger partial charge is 0.416 e. The maximum atomic E-state index is 13.3. The highest BCUT2D eigenvalue weighted by Crippen LogP contribution is 2.39. The number of ether oxygens (including phenoxy) is 1. The molecule has 2 aliphatic rings. The Bertz CT molecular complexity index is 1190. The van der Waals surface area contributed by atoms with Crippen molar-refractivity contribution in [1.82, 2.24) is 14.8 Å². The number of alkyl halides is 3. The first kappa shape index (κ1) is 24.7. The molecule has 2 aromatic carbocycles. The maximum Gasteiger partial charge on any atom is 0.416 e. The van der Waals surface area contributed by atoms with E-state index in [4.69, 9.17) is 9.72 Å². The molecule has 0 bridgehead atoms. The van der Waals surface area contributed by atoms with Crippen LogP contribution in [0.5, 0.6) is 0 Å². The molecule has 3 heterocycles. The molecular formula is C26H25F4N3O2S. The number of thiazole rings is 1. The van der Waals surface area contributed by atoms with Crippen LogP contribution in [0.15, 0.2) is 53.9 Å². The van der Waals surface area contributed by atoms with Gasteiger partial charge in [-0.3, -0.25) is 0 Å². The zero-order valence-electron chi connectivity index (χ0n) is 19.4. The molecule has 0 saturated carbocycles. The first-order valence-electron chi connectivity index (χ1n) is 11.8. The minimum absolute atomic E-state index is 0.0739. The van der Waals surface area contributed by atoms with Gasteiger partial charge in [-0.05, 0) is 48.4 Å². The Morgan fingerprint density at radius 2 is 1.61 bits per heavy atom. The number of hydrogen-bond acceptors (Lipinski definition) is 4. The van der Waals surface area contributed by atoms with Crippen molar-refractivity contribution in [1.29, 1.82) is 0 Å². The molecule has 36 heavy (non-hydrogen) atoms. The summed E-state index contributed by atoms with van der Waals surface area (Å²) in [6.45, 7) is 2.89. The summed E-state index contributed by atoms with van der Waals surface area (Å²) < 4.78 is 58.0. The highest BCUT2D eigenvalue weighted by Gasteiger charge is 2.36. The average molecular weight is 520 g/mol. The number of halogens is 4. The highest BCUT2D eigenvalue weighted by atomic mass is 32.1. The first-order chi connectivity index (χ1) is 17.3. The van der Waals surface area contributed by atoms with E-state index in [1.807, 2.05) is 5.38 Å². The van der Waals surface area contributed by atoms with Crippen molar-refractivity contribution in [3.8, 4) is 11.3 Å². The van der Waals surface area contributed by atoms with Gasteiger partial charge < -0.3 is 14.5 Å². The van der Waals surface area contributed by atoms with Crippen LogP contribution in [0.2, 0.25) is 0 Å². The summed E-state index contributed by atoms with van der Waals surface area (Å²) in [4.78, 5) is 21.7. The van der Waals surface area contributed by atoms with E-state index >= 15 is 0 Å². The van der Waals surface area contributed by atoms with Crippen LogP contribution in [0.1, 0.15) is 34.4 Å². The van der Waals surface area contributed by atoms with E-state index in [1.54, 1.807) is 21.9 Å². The topological polar surface area (TPSA) is 45.7 Å². The van der Waals surface area contributed by atoms with Gasteiger partial charge in [0.25, 0.3) is 0 Å². The lowest BCUT2D eigenvalue weighted by atomic mass is 9.84.